The SMILES string of the molecule is Cc1cc(NC(=O)CCC(=O)c2cc(C)sc2C)n(CCC#N)n1. The molecule has 0 saturated carbocycles. The molecule has 0 fully saturated rings. The molecule has 2 rings (SSSR count). The highest BCUT2D eigenvalue weighted by molar-refractivity contribution is 7.12. The normalized spacial score (nSPS) is 10.4. The molecule has 0 spiro atoms. The van der Waals surface area contributed by atoms with Gasteiger partial charge in [-0.25, -0.2) is 4.68 Å². The van der Waals surface area contributed by atoms with Crippen LogP contribution in [0, 0.1) is 32.1 Å². The first-order valence-corrected chi connectivity index (χ1v) is 8.54. The number of amides is 1. The van der Waals surface area contributed by atoms with Gasteiger partial charge in [0.1, 0.15) is 5.82 Å². The zero-order chi connectivity index (χ0) is 17.7. The van der Waals surface area contributed by atoms with Crippen molar-refractivity contribution in [1.29, 1.82) is 5.26 Å². The van der Waals surface area contributed by atoms with E-state index in [2.05, 4.69) is 16.5 Å². The van der Waals surface area contributed by atoms with E-state index in [1.165, 1.54) is 0 Å². The molecule has 0 aromatic carbocycles. The molecule has 0 saturated heterocycles. The van der Waals surface area contributed by atoms with Crippen molar-refractivity contribution < 1.29 is 9.59 Å². The number of hydrogen-bond acceptors (Lipinski definition) is 5. The predicted molar refractivity (Wildman–Crippen MR) is 93.2 cm³/mol. The zero-order valence-corrected chi connectivity index (χ0v) is 14.9. The molecule has 0 aliphatic rings. The van der Waals surface area contributed by atoms with Crippen molar-refractivity contribution >= 4 is 28.8 Å². The Balaban J connectivity index is 1.93. The van der Waals surface area contributed by atoms with E-state index in [0.717, 1.165) is 15.4 Å². The van der Waals surface area contributed by atoms with Crippen LogP contribution in [0.2, 0.25) is 0 Å². The topological polar surface area (TPSA) is 87.8 Å². The number of nitrogens with one attached hydrogen (secondary N) is 1. The Hall–Kier alpha value is -2.46. The van der Waals surface area contributed by atoms with Crippen LogP contribution in [-0.2, 0) is 11.3 Å². The summed E-state index contributed by atoms with van der Waals surface area (Å²) in [4.78, 5) is 26.4. The van der Waals surface area contributed by atoms with Crippen LogP contribution in [0.4, 0.5) is 5.82 Å². The summed E-state index contributed by atoms with van der Waals surface area (Å²) in [7, 11) is 0. The molecule has 0 atom stereocenters. The number of hydrogen-bond donors (Lipinski definition) is 1. The first-order valence-electron chi connectivity index (χ1n) is 7.72. The van der Waals surface area contributed by atoms with Crippen LogP contribution >= 0.6 is 11.3 Å². The molecule has 24 heavy (non-hydrogen) atoms. The van der Waals surface area contributed by atoms with Crippen molar-refractivity contribution in [3.63, 3.8) is 0 Å². The summed E-state index contributed by atoms with van der Waals surface area (Å²) >= 11 is 1.59. The average Bonchev–Trinajstić information content (AvgIpc) is 3.04. The largest absolute Gasteiger partial charge is 0.311 e. The van der Waals surface area contributed by atoms with Crippen LogP contribution in [0.25, 0.3) is 0 Å². The first-order chi connectivity index (χ1) is 11.4. The quantitative estimate of drug-likeness (QED) is 0.780. The molecule has 6 nitrogen and oxygen atoms in total. The number of aromatic nitrogens is 2. The molecule has 0 aliphatic heterocycles. The molecule has 0 radical (unpaired) electrons. The van der Waals surface area contributed by atoms with Crippen molar-refractivity contribution in [1.82, 2.24) is 9.78 Å². The fourth-order valence-corrected chi connectivity index (χ4v) is 3.39. The molecule has 0 bridgehead atoms. The van der Waals surface area contributed by atoms with Gasteiger partial charge in [-0.2, -0.15) is 10.4 Å². The Labute approximate surface area is 145 Å². The van der Waals surface area contributed by atoms with E-state index in [9.17, 15) is 9.59 Å². The van der Waals surface area contributed by atoms with Gasteiger partial charge in [-0.3, -0.25) is 9.59 Å². The monoisotopic (exact) mass is 344 g/mol. The molecule has 126 valence electrons. The van der Waals surface area contributed by atoms with Gasteiger partial charge in [-0.05, 0) is 26.8 Å². The van der Waals surface area contributed by atoms with Crippen LogP contribution < -0.4 is 5.32 Å². The lowest BCUT2D eigenvalue weighted by Crippen LogP contribution is -2.16. The summed E-state index contributed by atoms with van der Waals surface area (Å²) in [5.41, 5.74) is 1.48. The number of rotatable bonds is 7. The third-order valence-electron chi connectivity index (χ3n) is 3.53. The third-order valence-corrected chi connectivity index (χ3v) is 4.49. The van der Waals surface area contributed by atoms with Gasteiger partial charge >= 0.3 is 0 Å². The maximum atomic E-state index is 12.2. The smallest absolute Gasteiger partial charge is 0.225 e. The van der Waals surface area contributed by atoms with Crippen LogP contribution in [-0.4, -0.2) is 21.5 Å². The fourth-order valence-electron chi connectivity index (χ4n) is 2.45. The van der Waals surface area contributed by atoms with E-state index in [1.54, 1.807) is 22.1 Å². The van der Waals surface area contributed by atoms with Gasteiger partial charge in [0.05, 0.1) is 24.7 Å². The van der Waals surface area contributed by atoms with Gasteiger partial charge in [0.25, 0.3) is 0 Å². The van der Waals surface area contributed by atoms with Gasteiger partial charge in [-0.1, -0.05) is 0 Å². The lowest BCUT2D eigenvalue weighted by molar-refractivity contribution is -0.116. The number of nitrogens with zero attached hydrogens (tertiary/aromatic N) is 3. The summed E-state index contributed by atoms with van der Waals surface area (Å²) < 4.78 is 1.60. The summed E-state index contributed by atoms with van der Waals surface area (Å²) in [6.07, 6.45) is 0.614. The minimum atomic E-state index is -0.230. The van der Waals surface area contributed by atoms with E-state index in [4.69, 9.17) is 5.26 Å². The average molecular weight is 344 g/mol. The number of thiophene rings is 1. The first kappa shape index (κ1) is 17.9. The number of Topliss-reactive ketones (excluding diaryl/α,β-unsaturated/α-hetero) is 1. The summed E-state index contributed by atoms with van der Waals surface area (Å²) in [5, 5.41) is 15.7. The second-order valence-electron chi connectivity index (χ2n) is 5.60. The summed E-state index contributed by atoms with van der Waals surface area (Å²) in [6, 6.07) is 5.68. The summed E-state index contributed by atoms with van der Waals surface area (Å²) in [6.45, 7) is 6.13. The van der Waals surface area contributed by atoms with Gasteiger partial charge in [-0.15, -0.1) is 11.3 Å². The molecular weight excluding hydrogens is 324 g/mol. The minimum absolute atomic E-state index is 0.0128. The van der Waals surface area contributed by atoms with E-state index < -0.39 is 0 Å². The Morgan fingerprint density at radius 1 is 1.29 bits per heavy atom. The van der Waals surface area contributed by atoms with Gasteiger partial charge in [0.2, 0.25) is 5.91 Å². The zero-order valence-electron chi connectivity index (χ0n) is 14.0. The number of ketones is 1. The molecule has 0 unspecified atom stereocenters. The molecule has 1 amide bonds. The van der Waals surface area contributed by atoms with E-state index in [1.807, 2.05) is 26.8 Å². The lowest BCUT2D eigenvalue weighted by atomic mass is 10.1. The summed E-state index contributed by atoms with van der Waals surface area (Å²) in [5.74, 6) is 0.315. The van der Waals surface area contributed by atoms with Gasteiger partial charge in [0, 0.05) is 34.2 Å². The van der Waals surface area contributed by atoms with Crippen molar-refractivity contribution in [2.75, 3.05) is 5.32 Å². The minimum Gasteiger partial charge on any atom is -0.311 e. The fraction of sp³-hybridized carbons (Fsp3) is 0.412. The van der Waals surface area contributed by atoms with Crippen molar-refractivity contribution in [2.45, 2.75) is 46.6 Å². The Bertz CT molecular complexity index is 798. The van der Waals surface area contributed by atoms with Crippen molar-refractivity contribution in [2.24, 2.45) is 0 Å². The molecular formula is C17H20N4O2S. The highest BCUT2D eigenvalue weighted by Crippen LogP contribution is 2.22. The molecule has 2 heterocycles. The molecule has 1 N–H and O–H groups in total. The van der Waals surface area contributed by atoms with E-state index >= 15 is 0 Å². The van der Waals surface area contributed by atoms with Gasteiger partial charge in [0.15, 0.2) is 5.78 Å². The Morgan fingerprint density at radius 2 is 2.04 bits per heavy atom. The number of anilines is 1. The van der Waals surface area contributed by atoms with Crippen molar-refractivity contribution in [3.8, 4) is 6.07 Å². The third kappa shape index (κ3) is 4.52. The van der Waals surface area contributed by atoms with Crippen molar-refractivity contribution in [3.05, 3.63) is 33.1 Å². The van der Waals surface area contributed by atoms with Gasteiger partial charge < -0.3 is 5.32 Å². The van der Waals surface area contributed by atoms with E-state index in [0.29, 0.717) is 24.3 Å². The second kappa shape index (κ2) is 7.88. The van der Waals surface area contributed by atoms with Crippen LogP contribution in [0.3, 0.4) is 0 Å². The molecule has 0 aliphatic carbocycles. The number of aryl methyl sites for hydroxylation is 4. The Morgan fingerprint density at radius 3 is 2.67 bits per heavy atom. The number of carbonyl (C=O) groups excluding carboxylic acids is 2. The second-order valence-corrected chi connectivity index (χ2v) is 7.06. The molecule has 2 aromatic rings. The standard InChI is InChI=1S/C17H20N4O2S/c1-11-9-16(21(20-11)8-4-7-18)19-17(23)6-5-15(22)14-10-12(2)24-13(14)3/h9-10H,4-6,8H2,1-3H3,(H,19,23). The lowest BCUT2D eigenvalue weighted by Gasteiger charge is -2.07. The Kier molecular flexibility index (Phi) is 5.88. The number of nitriles is 1. The molecule has 2 aromatic heterocycles. The van der Waals surface area contributed by atoms with Crippen LogP contribution in [0.15, 0.2) is 12.1 Å². The maximum absolute atomic E-state index is 12.2. The van der Waals surface area contributed by atoms with Crippen LogP contribution in [0.1, 0.15) is 45.1 Å². The maximum Gasteiger partial charge on any atom is 0.225 e. The van der Waals surface area contributed by atoms with E-state index in [-0.39, 0.29) is 24.5 Å². The highest BCUT2D eigenvalue weighted by Gasteiger charge is 2.15. The molecule has 7 heteroatoms. The highest BCUT2D eigenvalue weighted by atomic mass is 32.1. The number of carbonyl (C=O) groups is 2. The van der Waals surface area contributed by atoms with Crippen LogP contribution in [0.5, 0.6) is 0 Å². The predicted octanol–water partition coefficient (Wildman–Crippen LogP) is 3.39.